The van der Waals surface area contributed by atoms with Crippen LogP contribution in [0.3, 0.4) is 0 Å². The zero-order valence-electron chi connectivity index (χ0n) is 6.30. The molecule has 2 heteroatoms. The molecule has 0 saturated carbocycles. The van der Waals surface area contributed by atoms with Gasteiger partial charge in [-0.05, 0) is 12.3 Å². The first-order valence-electron chi connectivity index (χ1n) is 3.58. The summed E-state index contributed by atoms with van der Waals surface area (Å²) in [5.41, 5.74) is 5.68. The highest BCUT2D eigenvalue weighted by molar-refractivity contribution is 4.66. The maximum Gasteiger partial charge on any atom is 0.0445 e. The molecule has 0 amide bonds. The van der Waals surface area contributed by atoms with Crippen molar-refractivity contribution in [2.75, 3.05) is 6.61 Å². The molecule has 0 aromatic heterocycles. The van der Waals surface area contributed by atoms with Crippen LogP contribution in [0, 0.1) is 5.92 Å². The summed E-state index contributed by atoms with van der Waals surface area (Å²) in [7, 11) is 0. The highest BCUT2D eigenvalue weighted by Crippen LogP contribution is 2.07. The lowest BCUT2D eigenvalue weighted by atomic mass is 9.98. The summed E-state index contributed by atoms with van der Waals surface area (Å²) < 4.78 is 0. The van der Waals surface area contributed by atoms with Crippen molar-refractivity contribution in [1.82, 2.24) is 0 Å². The van der Waals surface area contributed by atoms with Gasteiger partial charge in [0.2, 0.25) is 0 Å². The molecular formula is C7H17NO. The van der Waals surface area contributed by atoms with E-state index in [-0.39, 0.29) is 12.6 Å². The van der Waals surface area contributed by atoms with Gasteiger partial charge in [-0.25, -0.2) is 0 Å². The van der Waals surface area contributed by atoms with Crippen molar-refractivity contribution in [1.29, 1.82) is 0 Å². The minimum absolute atomic E-state index is 0.181. The van der Waals surface area contributed by atoms with Crippen LogP contribution >= 0.6 is 0 Å². The molecule has 2 unspecified atom stereocenters. The number of hydrogen-bond acceptors (Lipinski definition) is 2. The summed E-state index contributed by atoms with van der Waals surface area (Å²) >= 11 is 0. The largest absolute Gasteiger partial charge is 0.396 e. The van der Waals surface area contributed by atoms with Crippen LogP contribution in [-0.2, 0) is 0 Å². The van der Waals surface area contributed by atoms with Crippen LogP contribution in [-0.4, -0.2) is 17.8 Å². The number of nitrogens with two attached hydrogens (primary N) is 1. The van der Waals surface area contributed by atoms with Crippen molar-refractivity contribution in [3.63, 3.8) is 0 Å². The maximum absolute atomic E-state index is 8.50. The van der Waals surface area contributed by atoms with Gasteiger partial charge in [0.25, 0.3) is 0 Å². The smallest absolute Gasteiger partial charge is 0.0445 e. The summed E-state index contributed by atoms with van der Waals surface area (Å²) in [4.78, 5) is 0. The van der Waals surface area contributed by atoms with Gasteiger partial charge < -0.3 is 10.8 Å². The number of aliphatic hydroxyl groups is 1. The molecule has 0 aliphatic carbocycles. The molecule has 0 radical (unpaired) electrons. The van der Waals surface area contributed by atoms with Crippen molar-refractivity contribution in [3.8, 4) is 0 Å². The molecule has 0 aliphatic heterocycles. The third kappa shape index (κ3) is 3.49. The lowest BCUT2D eigenvalue weighted by Gasteiger charge is -2.16. The molecule has 0 spiro atoms. The Balaban J connectivity index is 3.32. The monoisotopic (exact) mass is 131 g/mol. The SMILES string of the molecule is CCC(C)C(N)CCO. The Morgan fingerprint density at radius 2 is 2.11 bits per heavy atom. The van der Waals surface area contributed by atoms with Gasteiger partial charge in [-0.1, -0.05) is 20.3 Å². The summed E-state index contributed by atoms with van der Waals surface area (Å²) in [6.45, 7) is 4.44. The van der Waals surface area contributed by atoms with Crippen LogP contribution in [0.15, 0.2) is 0 Å². The van der Waals surface area contributed by atoms with Gasteiger partial charge in [0.1, 0.15) is 0 Å². The maximum atomic E-state index is 8.50. The van der Waals surface area contributed by atoms with Crippen molar-refractivity contribution < 1.29 is 5.11 Å². The van der Waals surface area contributed by atoms with E-state index in [4.69, 9.17) is 10.8 Å². The number of hydrogen-bond donors (Lipinski definition) is 2. The van der Waals surface area contributed by atoms with E-state index in [0.29, 0.717) is 5.92 Å². The summed E-state index contributed by atoms with van der Waals surface area (Å²) in [6, 6.07) is 0.181. The molecule has 0 aromatic rings. The van der Waals surface area contributed by atoms with Crippen molar-refractivity contribution >= 4 is 0 Å². The molecule has 56 valence electrons. The molecule has 0 aliphatic rings. The Kier molecular flexibility index (Phi) is 4.72. The topological polar surface area (TPSA) is 46.2 Å². The zero-order chi connectivity index (χ0) is 7.28. The molecule has 3 N–H and O–H groups in total. The standard InChI is InChI=1S/C7H17NO/c1-3-6(2)7(8)4-5-9/h6-7,9H,3-5,8H2,1-2H3. The van der Waals surface area contributed by atoms with E-state index in [2.05, 4.69) is 13.8 Å². The van der Waals surface area contributed by atoms with E-state index >= 15 is 0 Å². The van der Waals surface area contributed by atoms with Crippen molar-refractivity contribution in [2.45, 2.75) is 32.7 Å². The summed E-state index contributed by atoms with van der Waals surface area (Å²) in [6.07, 6.45) is 1.83. The van der Waals surface area contributed by atoms with E-state index in [0.717, 1.165) is 12.8 Å². The van der Waals surface area contributed by atoms with E-state index in [1.54, 1.807) is 0 Å². The van der Waals surface area contributed by atoms with Gasteiger partial charge in [0.15, 0.2) is 0 Å². The molecule has 0 fully saturated rings. The predicted octanol–water partition coefficient (Wildman–Crippen LogP) is 0.742. The first-order valence-corrected chi connectivity index (χ1v) is 3.58. The van der Waals surface area contributed by atoms with E-state index in [1.807, 2.05) is 0 Å². The second-order valence-corrected chi connectivity index (χ2v) is 2.56. The Bertz CT molecular complexity index is 65.9. The molecule has 0 rings (SSSR count). The second kappa shape index (κ2) is 4.77. The Morgan fingerprint density at radius 3 is 2.44 bits per heavy atom. The van der Waals surface area contributed by atoms with Gasteiger partial charge in [-0.2, -0.15) is 0 Å². The molecular weight excluding hydrogens is 114 g/mol. The molecule has 0 bridgehead atoms. The van der Waals surface area contributed by atoms with Crippen LogP contribution in [0.2, 0.25) is 0 Å². The van der Waals surface area contributed by atoms with Crippen molar-refractivity contribution in [2.24, 2.45) is 11.7 Å². The van der Waals surface area contributed by atoms with E-state index < -0.39 is 0 Å². The van der Waals surface area contributed by atoms with E-state index in [1.165, 1.54) is 0 Å². The lowest BCUT2D eigenvalue weighted by molar-refractivity contribution is 0.257. The molecule has 0 heterocycles. The van der Waals surface area contributed by atoms with Gasteiger partial charge >= 0.3 is 0 Å². The number of rotatable bonds is 4. The second-order valence-electron chi connectivity index (χ2n) is 2.56. The lowest BCUT2D eigenvalue weighted by Crippen LogP contribution is -2.28. The van der Waals surface area contributed by atoms with Crippen LogP contribution in [0.5, 0.6) is 0 Å². The average molecular weight is 131 g/mol. The first kappa shape index (κ1) is 8.92. The molecule has 0 aromatic carbocycles. The van der Waals surface area contributed by atoms with Crippen LogP contribution in [0.1, 0.15) is 26.7 Å². The number of aliphatic hydroxyl groups excluding tert-OH is 1. The van der Waals surface area contributed by atoms with Gasteiger partial charge in [-0.3, -0.25) is 0 Å². The third-order valence-electron chi connectivity index (χ3n) is 1.84. The third-order valence-corrected chi connectivity index (χ3v) is 1.84. The fraction of sp³-hybridized carbons (Fsp3) is 1.00. The normalized spacial score (nSPS) is 17.3. The molecule has 0 saturated heterocycles. The van der Waals surface area contributed by atoms with Crippen molar-refractivity contribution in [3.05, 3.63) is 0 Å². The molecule has 2 nitrogen and oxygen atoms in total. The average Bonchev–Trinajstić information content (AvgIpc) is 1.87. The van der Waals surface area contributed by atoms with Crippen LogP contribution < -0.4 is 5.73 Å². The molecule has 2 atom stereocenters. The predicted molar refractivity (Wildman–Crippen MR) is 39.1 cm³/mol. The minimum atomic E-state index is 0.181. The van der Waals surface area contributed by atoms with Crippen LogP contribution in [0.4, 0.5) is 0 Å². The van der Waals surface area contributed by atoms with Gasteiger partial charge in [-0.15, -0.1) is 0 Å². The highest BCUT2D eigenvalue weighted by atomic mass is 16.3. The Hall–Kier alpha value is -0.0800. The van der Waals surface area contributed by atoms with E-state index in [9.17, 15) is 0 Å². The fourth-order valence-corrected chi connectivity index (χ4v) is 0.736. The molecule has 9 heavy (non-hydrogen) atoms. The minimum Gasteiger partial charge on any atom is -0.396 e. The van der Waals surface area contributed by atoms with Gasteiger partial charge in [0, 0.05) is 12.6 Å². The van der Waals surface area contributed by atoms with Crippen LogP contribution in [0.25, 0.3) is 0 Å². The highest BCUT2D eigenvalue weighted by Gasteiger charge is 2.08. The Morgan fingerprint density at radius 1 is 1.56 bits per heavy atom. The Labute approximate surface area is 57.1 Å². The quantitative estimate of drug-likeness (QED) is 0.591. The zero-order valence-corrected chi connectivity index (χ0v) is 6.30. The fourth-order valence-electron chi connectivity index (χ4n) is 0.736. The summed E-state index contributed by atoms with van der Waals surface area (Å²) in [5, 5.41) is 8.50. The summed E-state index contributed by atoms with van der Waals surface area (Å²) in [5.74, 6) is 0.539. The first-order chi connectivity index (χ1) is 4.22. The van der Waals surface area contributed by atoms with Gasteiger partial charge in [0.05, 0.1) is 0 Å².